The normalized spacial score (nSPS) is 14.0. The summed E-state index contributed by atoms with van der Waals surface area (Å²) in [5.74, 6) is 0.0480. The van der Waals surface area contributed by atoms with Gasteiger partial charge >= 0.3 is 6.03 Å². The lowest BCUT2D eigenvalue weighted by molar-refractivity contribution is 0.200. The van der Waals surface area contributed by atoms with Crippen molar-refractivity contribution in [3.05, 3.63) is 21.3 Å². The molecule has 2 unspecified atom stereocenters. The first kappa shape index (κ1) is 15.3. The van der Waals surface area contributed by atoms with Crippen molar-refractivity contribution in [1.82, 2.24) is 10.6 Å². The van der Waals surface area contributed by atoms with E-state index in [1.807, 2.05) is 26.0 Å². The molecule has 0 aliphatic carbocycles. The van der Waals surface area contributed by atoms with Crippen molar-refractivity contribution in [3.8, 4) is 0 Å². The third kappa shape index (κ3) is 5.25. The Hall–Kier alpha value is -0.780. The number of amides is 2. The molecule has 3 N–H and O–H groups in total. The van der Waals surface area contributed by atoms with Crippen molar-refractivity contribution in [2.75, 3.05) is 13.2 Å². The molecule has 18 heavy (non-hydrogen) atoms. The maximum Gasteiger partial charge on any atom is 0.315 e. The number of rotatable bonds is 6. The molecule has 0 fully saturated rings. The molecule has 0 spiro atoms. The molecule has 0 radical (unpaired) electrons. The van der Waals surface area contributed by atoms with Crippen molar-refractivity contribution < 1.29 is 9.90 Å². The van der Waals surface area contributed by atoms with Gasteiger partial charge in [-0.05, 0) is 31.4 Å². The first-order valence-electron chi connectivity index (χ1n) is 5.92. The number of nitrogens with one attached hydrogen (secondary N) is 2. The number of aliphatic hydroxyl groups excluding tert-OH is 1. The lowest BCUT2D eigenvalue weighted by Crippen LogP contribution is -2.44. The van der Waals surface area contributed by atoms with Gasteiger partial charge in [0, 0.05) is 24.1 Å². The number of urea groups is 1. The molecule has 102 valence electrons. The van der Waals surface area contributed by atoms with Gasteiger partial charge in [0.2, 0.25) is 0 Å². The van der Waals surface area contributed by atoms with Gasteiger partial charge in [-0.15, -0.1) is 11.3 Å². The van der Waals surface area contributed by atoms with Crippen molar-refractivity contribution in [1.29, 1.82) is 0 Å². The molecule has 6 heteroatoms. The van der Waals surface area contributed by atoms with Crippen LogP contribution in [0.25, 0.3) is 0 Å². The first-order valence-corrected chi connectivity index (χ1v) is 7.11. The van der Waals surface area contributed by atoms with E-state index >= 15 is 0 Å². The Morgan fingerprint density at radius 2 is 2.22 bits per heavy atom. The van der Waals surface area contributed by atoms with E-state index in [9.17, 15) is 4.79 Å². The van der Waals surface area contributed by atoms with Crippen LogP contribution in [0, 0.1) is 5.92 Å². The quantitative estimate of drug-likeness (QED) is 0.752. The third-order valence-corrected chi connectivity index (χ3v) is 4.08. The van der Waals surface area contributed by atoms with Gasteiger partial charge < -0.3 is 15.7 Å². The van der Waals surface area contributed by atoms with E-state index in [0.717, 1.165) is 15.6 Å². The van der Waals surface area contributed by atoms with Crippen molar-refractivity contribution in [2.45, 2.75) is 26.3 Å². The van der Waals surface area contributed by atoms with Gasteiger partial charge in [-0.2, -0.15) is 0 Å². The van der Waals surface area contributed by atoms with Crippen molar-refractivity contribution >= 4 is 29.0 Å². The molecule has 0 bridgehead atoms. The fourth-order valence-corrected chi connectivity index (χ4v) is 2.43. The van der Waals surface area contributed by atoms with Crippen LogP contribution in [-0.2, 0) is 6.42 Å². The zero-order valence-electron chi connectivity index (χ0n) is 10.6. The van der Waals surface area contributed by atoms with Crippen LogP contribution < -0.4 is 10.6 Å². The maximum absolute atomic E-state index is 11.5. The van der Waals surface area contributed by atoms with E-state index in [-0.39, 0.29) is 24.6 Å². The highest BCUT2D eigenvalue weighted by atomic mass is 35.5. The van der Waals surface area contributed by atoms with Crippen LogP contribution in [0.2, 0.25) is 4.34 Å². The van der Waals surface area contributed by atoms with Gasteiger partial charge in [0.15, 0.2) is 0 Å². The van der Waals surface area contributed by atoms with E-state index < -0.39 is 0 Å². The molecule has 2 amide bonds. The molecule has 0 aliphatic rings. The molecule has 0 saturated heterocycles. The summed E-state index contributed by atoms with van der Waals surface area (Å²) in [5.41, 5.74) is 0. The van der Waals surface area contributed by atoms with Crippen LogP contribution in [0.5, 0.6) is 0 Å². The highest BCUT2D eigenvalue weighted by Gasteiger charge is 2.13. The van der Waals surface area contributed by atoms with E-state index in [1.165, 1.54) is 11.3 Å². The molecule has 2 atom stereocenters. The Labute approximate surface area is 116 Å². The summed E-state index contributed by atoms with van der Waals surface area (Å²) < 4.78 is 0.764. The van der Waals surface area contributed by atoms with Gasteiger partial charge in [-0.1, -0.05) is 18.5 Å². The van der Waals surface area contributed by atoms with Gasteiger partial charge in [-0.3, -0.25) is 0 Å². The monoisotopic (exact) mass is 290 g/mol. The summed E-state index contributed by atoms with van der Waals surface area (Å²) in [7, 11) is 0. The molecule has 0 aliphatic heterocycles. The maximum atomic E-state index is 11.5. The molecular weight excluding hydrogens is 272 g/mol. The second-order valence-corrected chi connectivity index (χ2v) is 6.10. The average molecular weight is 291 g/mol. The smallest absolute Gasteiger partial charge is 0.315 e. The average Bonchev–Trinajstić information content (AvgIpc) is 2.73. The lowest BCUT2D eigenvalue weighted by Gasteiger charge is -2.19. The van der Waals surface area contributed by atoms with Crippen molar-refractivity contribution in [2.24, 2.45) is 5.92 Å². The molecule has 4 nitrogen and oxygen atoms in total. The molecule has 1 aromatic heterocycles. The van der Waals surface area contributed by atoms with Crippen LogP contribution in [0.1, 0.15) is 18.7 Å². The predicted octanol–water partition coefficient (Wildman–Crippen LogP) is 2.26. The van der Waals surface area contributed by atoms with E-state index in [1.54, 1.807) is 0 Å². The van der Waals surface area contributed by atoms with E-state index in [4.69, 9.17) is 16.7 Å². The summed E-state index contributed by atoms with van der Waals surface area (Å²) in [4.78, 5) is 12.7. The van der Waals surface area contributed by atoms with Crippen molar-refractivity contribution in [3.63, 3.8) is 0 Å². The number of hydrogen-bond acceptors (Lipinski definition) is 3. The summed E-state index contributed by atoms with van der Waals surface area (Å²) in [6, 6.07) is 3.56. The van der Waals surface area contributed by atoms with E-state index in [0.29, 0.717) is 6.54 Å². The Bertz CT molecular complexity index is 384. The number of carbonyl (C=O) groups excluding carboxylic acids is 1. The van der Waals surface area contributed by atoms with Crippen LogP contribution in [0.3, 0.4) is 0 Å². The second-order valence-electron chi connectivity index (χ2n) is 4.30. The highest BCUT2D eigenvalue weighted by molar-refractivity contribution is 7.16. The molecule has 0 aromatic carbocycles. The van der Waals surface area contributed by atoms with Gasteiger partial charge in [0.25, 0.3) is 0 Å². The minimum absolute atomic E-state index is 0.0480. The van der Waals surface area contributed by atoms with Crippen LogP contribution in [-0.4, -0.2) is 30.3 Å². The Morgan fingerprint density at radius 3 is 2.78 bits per heavy atom. The zero-order chi connectivity index (χ0) is 13.5. The number of thiophene rings is 1. The molecule has 1 heterocycles. The highest BCUT2D eigenvalue weighted by Crippen LogP contribution is 2.21. The fourth-order valence-electron chi connectivity index (χ4n) is 1.34. The zero-order valence-corrected chi connectivity index (χ0v) is 12.1. The molecular formula is C12H19ClN2O2S. The largest absolute Gasteiger partial charge is 0.396 e. The Balaban J connectivity index is 2.21. The number of hydrogen-bond donors (Lipinski definition) is 3. The van der Waals surface area contributed by atoms with Crippen LogP contribution >= 0.6 is 22.9 Å². The summed E-state index contributed by atoms with van der Waals surface area (Å²) >= 11 is 7.34. The molecule has 0 saturated carbocycles. The number of aliphatic hydroxyl groups is 1. The SMILES string of the molecule is CC(CO)C(C)NC(=O)NCCc1ccc(Cl)s1. The third-order valence-electron chi connectivity index (χ3n) is 2.79. The standard InChI is InChI=1S/C12H19ClN2O2S/c1-8(7-16)9(2)15-12(17)14-6-5-10-3-4-11(13)18-10/h3-4,8-9,16H,5-7H2,1-2H3,(H2,14,15,17). The predicted molar refractivity (Wildman–Crippen MR) is 75.3 cm³/mol. The Kier molecular flexibility index (Phi) is 6.46. The van der Waals surface area contributed by atoms with Crippen LogP contribution in [0.15, 0.2) is 12.1 Å². The fraction of sp³-hybridized carbons (Fsp3) is 0.583. The van der Waals surface area contributed by atoms with Gasteiger partial charge in [-0.25, -0.2) is 4.79 Å². The minimum Gasteiger partial charge on any atom is -0.396 e. The lowest BCUT2D eigenvalue weighted by atomic mass is 10.1. The van der Waals surface area contributed by atoms with Gasteiger partial charge in [0.05, 0.1) is 4.34 Å². The minimum atomic E-state index is -0.203. The summed E-state index contributed by atoms with van der Waals surface area (Å²) in [6.07, 6.45) is 0.773. The second kappa shape index (κ2) is 7.61. The van der Waals surface area contributed by atoms with Crippen LogP contribution in [0.4, 0.5) is 4.79 Å². The summed E-state index contributed by atoms with van der Waals surface area (Å²) in [5, 5.41) is 14.5. The molecule has 1 rings (SSSR count). The van der Waals surface area contributed by atoms with E-state index in [2.05, 4.69) is 10.6 Å². The Morgan fingerprint density at radius 1 is 1.50 bits per heavy atom. The first-order chi connectivity index (χ1) is 8.52. The number of halogens is 1. The topological polar surface area (TPSA) is 61.4 Å². The molecule has 1 aromatic rings. The van der Waals surface area contributed by atoms with Gasteiger partial charge in [0.1, 0.15) is 0 Å². The number of carbonyl (C=O) groups is 1. The summed E-state index contributed by atoms with van der Waals surface area (Å²) in [6.45, 7) is 4.40.